The zero-order valence-corrected chi connectivity index (χ0v) is 15.3. The second-order valence-electron chi connectivity index (χ2n) is 6.18. The average molecular weight is 398 g/mol. The molecule has 1 heterocycles. The fraction of sp³-hybridized carbons (Fsp3) is 0.0476. The van der Waals surface area contributed by atoms with Gasteiger partial charge < -0.3 is 5.43 Å². The van der Waals surface area contributed by atoms with Crippen molar-refractivity contribution < 1.29 is 8.78 Å². The molecule has 0 spiro atoms. The Labute approximate surface area is 164 Å². The smallest absolute Gasteiger partial charge is 0.280 e. The van der Waals surface area contributed by atoms with Gasteiger partial charge in [0, 0.05) is 10.6 Å². The van der Waals surface area contributed by atoms with Crippen LogP contribution >= 0.6 is 11.6 Å². The molecule has 7 heteroatoms. The molecular weight excluding hydrogens is 384 g/mol. The Balaban J connectivity index is 1.81. The summed E-state index contributed by atoms with van der Waals surface area (Å²) < 4.78 is 27.9. The minimum absolute atomic E-state index is 0.109. The van der Waals surface area contributed by atoms with Gasteiger partial charge >= 0.3 is 0 Å². The van der Waals surface area contributed by atoms with E-state index in [9.17, 15) is 13.6 Å². The Kier molecular flexibility index (Phi) is 4.79. The largest absolute Gasteiger partial charge is 0.317 e. The zero-order valence-electron chi connectivity index (χ0n) is 14.5. The van der Waals surface area contributed by atoms with Crippen LogP contribution in [0.5, 0.6) is 0 Å². The van der Waals surface area contributed by atoms with Gasteiger partial charge in [0.05, 0.1) is 17.4 Å². The van der Waals surface area contributed by atoms with Crippen molar-refractivity contribution in [1.29, 1.82) is 0 Å². The Morgan fingerprint density at radius 1 is 0.964 bits per heavy atom. The number of fused-ring (bicyclic) bond motifs is 1. The summed E-state index contributed by atoms with van der Waals surface area (Å²) in [5, 5.41) is 1.01. The Bertz CT molecular complexity index is 1220. The van der Waals surface area contributed by atoms with Gasteiger partial charge in [-0.1, -0.05) is 29.8 Å². The second-order valence-corrected chi connectivity index (χ2v) is 6.62. The molecule has 0 atom stereocenters. The molecule has 3 aromatic carbocycles. The van der Waals surface area contributed by atoms with Crippen molar-refractivity contribution >= 4 is 22.5 Å². The van der Waals surface area contributed by atoms with Crippen molar-refractivity contribution in [2.45, 2.75) is 6.54 Å². The summed E-state index contributed by atoms with van der Waals surface area (Å²) in [4.78, 5) is 17.6. The van der Waals surface area contributed by atoms with Crippen LogP contribution in [0.25, 0.3) is 22.3 Å². The van der Waals surface area contributed by atoms with Gasteiger partial charge in [-0.15, -0.1) is 0 Å². The minimum atomic E-state index is -0.943. The van der Waals surface area contributed by atoms with Crippen LogP contribution in [-0.4, -0.2) is 9.66 Å². The fourth-order valence-corrected chi connectivity index (χ4v) is 3.02. The van der Waals surface area contributed by atoms with Crippen molar-refractivity contribution in [2.24, 2.45) is 0 Å². The number of para-hydroxylation sites is 1. The third-order valence-electron chi connectivity index (χ3n) is 4.30. The Morgan fingerprint density at radius 3 is 2.46 bits per heavy atom. The number of hydrogen-bond acceptors (Lipinski definition) is 3. The average Bonchev–Trinajstić information content (AvgIpc) is 2.70. The summed E-state index contributed by atoms with van der Waals surface area (Å²) >= 11 is 5.96. The van der Waals surface area contributed by atoms with Crippen molar-refractivity contribution in [3.05, 3.63) is 99.3 Å². The molecule has 4 rings (SSSR count). The van der Waals surface area contributed by atoms with E-state index in [1.807, 2.05) is 0 Å². The van der Waals surface area contributed by atoms with E-state index in [4.69, 9.17) is 11.6 Å². The van der Waals surface area contributed by atoms with E-state index in [1.54, 1.807) is 48.5 Å². The maximum atomic E-state index is 13.5. The molecule has 0 saturated heterocycles. The van der Waals surface area contributed by atoms with E-state index in [0.717, 1.165) is 12.1 Å². The maximum absolute atomic E-state index is 13.5. The number of aromatic nitrogens is 2. The van der Waals surface area contributed by atoms with Crippen molar-refractivity contribution in [2.75, 3.05) is 5.43 Å². The van der Waals surface area contributed by atoms with Crippen LogP contribution < -0.4 is 11.0 Å². The standard InChI is InChI=1S/C21H14ClF2N3O/c22-15-8-6-14(7-9-15)20-26-19-4-2-1-3-16(19)21(28)27(20)25-12-13-5-10-17(23)18(24)11-13/h1-11,25H,12H2. The predicted octanol–water partition coefficient (Wildman–Crippen LogP) is 4.74. The highest BCUT2D eigenvalue weighted by Crippen LogP contribution is 2.21. The van der Waals surface area contributed by atoms with Gasteiger partial charge in [0.2, 0.25) is 0 Å². The van der Waals surface area contributed by atoms with Crippen LogP contribution in [0.15, 0.2) is 71.5 Å². The van der Waals surface area contributed by atoms with Crippen LogP contribution in [-0.2, 0) is 6.54 Å². The Hall–Kier alpha value is -3.25. The third kappa shape index (κ3) is 3.46. The van der Waals surface area contributed by atoms with Gasteiger partial charge in [-0.2, -0.15) is 0 Å². The van der Waals surface area contributed by atoms with Gasteiger partial charge in [-0.25, -0.2) is 18.4 Å². The molecule has 0 radical (unpaired) electrons. The fourth-order valence-electron chi connectivity index (χ4n) is 2.89. The predicted molar refractivity (Wildman–Crippen MR) is 106 cm³/mol. The first-order valence-corrected chi connectivity index (χ1v) is 8.86. The van der Waals surface area contributed by atoms with Crippen LogP contribution in [0.2, 0.25) is 5.02 Å². The van der Waals surface area contributed by atoms with Gasteiger partial charge in [-0.3, -0.25) is 4.79 Å². The molecule has 0 bridgehead atoms. The summed E-state index contributed by atoms with van der Waals surface area (Å²) in [6.07, 6.45) is 0. The van der Waals surface area contributed by atoms with Gasteiger partial charge in [0.25, 0.3) is 5.56 Å². The molecule has 0 amide bonds. The molecular formula is C21H14ClF2N3O. The normalized spacial score (nSPS) is 11.0. The molecule has 0 unspecified atom stereocenters. The summed E-state index contributed by atoms with van der Waals surface area (Å²) in [7, 11) is 0. The number of halogens is 3. The maximum Gasteiger partial charge on any atom is 0.280 e. The Morgan fingerprint density at radius 2 is 1.71 bits per heavy atom. The molecule has 0 aliphatic heterocycles. The van der Waals surface area contributed by atoms with E-state index in [-0.39, 0.29) is 12.1 Å². The monoisotopic (exact) mass is 397 g/mol. The third-order valence-corrected chi connectivity index (χ3v) is 4.56. The second kappa shape index (κ2) is 7.40. The summed E-state index contributed by atoms with van der Waals surface area (Å²) in [5.74, 6) is -1.47. The first-order chi connectivity index (χ1) is 13.5. The van der Waals surface area contributed by atoms with E-state index in [0.29, 0.717) is 32.9 Å². The van der Waals surface area contributed by atoms with E-state index < -0.39 is 11.6 Å². The van der Waals surface area contributed by atoms with E-state index >= 15 is 0 Å². The van der Waals surface area contributed by atoms with Crippen molar-refractivity contribution in [3.8, 4) is 11.4 Å². The minimum Gasteiger partial charge on any atom is -0.317 e. The number of nitrogens with one attached hydrogen (secondary N) is 1. The van der Waals surface area contributed by atoms with Crippen molar-refractivity contribution in [1.82, 2.24) is 9.66 Å². The number of nitrogens with zero attached hydrogens (tertiary/aromatic N) is 2. The van der Waals surface area contributed by atoms with Crippen LogP contribution in [0, 0.1) is 11.6 Å². The first-order valence-electron chi connectivity index (χ1n) is 8.48. The van der Waals surface area contributed by atoms with Gasteiger partial charge in [0.1, 0.15) is 0 Å². The molecule has 0 aliphatic rings. The molecule has 4 nitrogen and oxygen atoms in total. The molecule has 0 aliphatic carbocycles. The molecule has 1 aromatic heterocycles. The highest BCUT2D eigenvalue weighted by atomic mass is 35.5. The van der Waals surface area contributed by atoms with Crippen LogP contribution in [0.3, 0.4) is 0 Å². The summed E-state index contributed by atoms with van der Waals surface area (Å²) in [6, 6.07) is 17.5. The molecule has 1 N–H and O–H groups in total. The summed E-state index contributed by atoms with van der Waals surface area (Å²) in [5.41, 5.74) is 4.41. The molecule has 140 valence electrons. The molecule has 4 aromatic rings. The van der Waals surface area contributed by atoms with Gasteiger partial charge in [0.15, 0.2) is 17.5 Å². The van der Waals surface area contributed by atoms with Crippen LogP contribution in [0.1, 0.15) is 5.56 Å². The van der Waals surface area contributed by atoms with Gasteiger partial charge in [-0.05, 0) is 54.1 Å². The van der Waals surface area contributed by atoms with Crippen molar-refractivity contribution in [3.63, 3.8) is 0 Å². The highest BCUT2D eigenvalue weighted by Gasteiger charge is 2.13. The van der Waals surface area contributed by atoms with Crippen LogP contribution in [0.4, 0.5) is 8.78 Å². The highest BCUT2D eigenvalue weighted by molar-refractivity contribution is 6.30. The lowest BCUT2D eigenvalue weighted by Gasteiger charge is -2.16. The summed E-state index contributed by atoms with van der Waals surface area (Å²) in [6.45, 7) is 0.109. The molecule has 0 fully saturated rings. The van der Waals surface area contributed by atoms with E-state index in [1.165, 1.54) is 10.7 Å². The topological polar surface area (TPSA) is 46.9 Å². The quantitative estimate of drug-likeness (QED) is 0.541. The number of benzene rings is 3. The zero-order chi connectivity index (χ0) is 19.7. The first kappa shape index (κ1) is 18.1. The number of rotatable bonds is 4. The molecule has 0 saturated carbocycles. The lowest BCUT2D eigenvalue weighted by atomic mass is 10.2. The lowest BCUT2D eigenvalue weighted by Crippen LogP contribution is -2.31. The molecule has 28 heavy (non-hydrogen) atoms. The SMILES string of the molecule is O=c1c2ccccc2nc(-c2ccc(Cl)cc2)n1NCc1ccc(F)c(F)c1. The lowest BCUT2D eigenvalue weighted by molar-refractivity contribution is 0.507. The van der Waals surface area contributed by atoms with E-state index in [2.05, 4.69) is 10.4 Å². The number of hydrogen-bond donors (Lipinski definition) is 1.